The second-order valence-electron chi connectivity index (χ2n) is 5.05. The van der Waals surface area contributed by atoms with Crippen LogP contribution in [0, 0.1) is 6.92 Å². The van der Waals surface area contributed by atoms with Crippen molar-refractivity contribution in [3.63, 3.8) is 0 Å². The molecule has 2 rings (SSSR count). The van der Waals surface area contributed by atoms with Crippen LogP contribution in [0.4, 0.5) is 5.13 Å². The number of aromatic nitrogens is 1. The summed E-state index contributed by atoms with van der Waals surface area (Å²) in [5.74, 6) is 0.00768. The largest absolute Gasteiger partial charge is 0.320 e. The molecule has 7 heteroatoms. The van der Waals surface area contributed by atoms with E-state index in [4.69, 9.17) is 11.6 Å². The molecule has 0 spiro atoms. The van der Waals surface area contributed by atoms with Gasteiger partial charge in [-0.05, 0) is 38.6 Å². The molecule has 0 unspecified atom stereocenters. The number of amides is 1. The topological polar surface area (TPSA) is 54.0 Å². The van der Waals surface area contributed by atoms with Gasteiger partial charge in [0.1, 0.15) is 0 Å². The second-order valence-corrected chi connectivity index (χ2v) is 6.54. The van der Waals surface area contributed by atoms with Crippen LogP contribution in [0.3, 0.4) is 0 Å². The first-order valence-electron chi connectivity index (χ1n) is 7.24. The van der Waals surface area contributed by atoms with Crippen molar-refractivity contribution in [2.45, 2.75) is 26.2 Å². The van der Waals surface area contributed by atoms with Gasteiger partial charge in [0.25, 0.3) is 0 Å². The van der Waals surface area contributed by atoms with Crippen molar-refractivity contribution in [3.8, 4) is 0 Å². The van der Waals surface area contributed by atoms with E-state index >= 15 is 0 Å². The minimum absolute atomic E-state index is 0. The fraction of sp³-hybridized carbons (Fsp3) is 0.375. The van der Waals surface area contributed by atoms with Crippen molar-refractivity contribution in [3.05, 3.63) is 45.4 Å². The van der Waals surface area contributed by atoms with Crippen molar-refractivity contribution in [2.24, 2.45) is 0 Å². The van der Waals surface area contributed by atoms with Crippen LogP contribution in [-0.2, 0) is 11.2 Å². The van der Waals surface area contributed by atoms with Gasteiger partial charge in [-0.25, -0.2) is 4.98 Å². The molecular formula is C16H21Cl2N3OS. The van der Waals surface area contributed by atoms with Crippen molar-refractivity contribution in [1.29, 1.82) is 0 Å². The highest BCUT2D eigenvalue weighted by atomic mass is 35.5. The van der Waals surface area contributed by atoms with Crippen LogP contribution >= 0.6 is 35.3 Å². The van der Waals surface area contributed by atoms with Crippen LogP contribution in [0.1, 0.15) is 29.0 Å². The Hall–Kier alpha value is -1.14. The summed E-state index contributed by atoms with van der Waals surface area (Å²) in [6, 6.07) is 7.79. The average molecular weight is 374 g/mol. The van der Waals surface area contributed by atoms with Crippen LogP contribution < -0.4 is 10.6 Å². The summed E-state index contributed by atoms with van der Waals surface area (Å²) in [4.78, 5) is 17.4. The first-order chi connectivity index (χ1) is 10.6. The third kappa shape index (κ3) is 6.11. The predicted molar refractivity (Wildman–Crippen MR) is 100 cm³/mol. The number of rotatable bonds is 7. The van der Waals surface area contributed by atoms with E-state index in [1.165, 1.54) is 11.3 Å². The lowest BCUT2D eigenvalue weighted by molar-refractivity contribution is -0.116. The number of carbonyl (C=O) groups is 1. The molecule has 0 aliphatic rings. The number of anilines is 1. The Morgan fingerprint density at radius 1 is 1.35 bits per heavy atom. The van der Waals surface area contributed by atoms with Gasteiger partial charge in [0, 0.05) is 22.7 Å². The molecule has 23 heavy (non-hydrogen) atoms. The molecule has 0 aliphatic heterocycles. The Balaban J connectivity index is 0.00000264. The molecule has 4 nitrogen and oxygen atoms in total. The van der Waals surface area contributed by atoms with E-state index in [9.17, 15) is 4.79 Å². The molecule has 1 aromatic heterocycles. The predicted octanol–water partition coefficient (Wildman–Crippen LogP) is 4.06. The third-order valence-corrected chi connectivity index (χ3v) is 4.72. The SMILES string of the molecule is CNCCCC(=O)Nc1nc(C)c(Cc2ccccc2Cl)s1.Cl. The molecule has 126 valence electrons. The molecule has 0 radical (unpaired) electrons. The lowest BCUT2D eigenvalue weighted by Crippen LogP contribution is -2.15. The number of nitrogens with one attached hydrogen (secondary N) is 2. The Bertz CT molecular complexity index is 646. The van der Waals surface area contributed by atoms with E-state index in [1.54, 1.807) is 0 Å². The van der Waals surface area contributed by atoms with Crippen molar-refractivity contribution < 1.29 is 4.79 Å². The molecule has 0 saturated carbocycles. The number of hydrogen-bond donors (Lipinski definition) is 2. The fourth-order valence-electron chi connectivity index (χ4n) is 2.07. The van der Waals surface area contributed by atoms with Crippen LogP contribution in [0.5, 0.6) is 0 Å². The summed E-state index contributed by atoms with van der Waals surface area (Å²) in [6.07, 6.45) is 2.05. The first-order valence-corrected chi connectivity index (χ1v) is 8.43. The number of thiazole rings is 1. The molecule has 0 atom stereocenters. The Morgan fingerprint density at radius 2 is 2.09 bits per heavy atom. The summed E-state index contributed by atoms with van der Waals surface area (Å²) in [5.41, 5.74) is 2.01. The van der Waals surface area contributed by atoms with Gasteiger partial charge in [-0.3, -0.25) is 4.79 Å². The van der Waals surface area contributed by atoms with Crippen LogP contribution in [0.2, 0.25) is 5.02 Å². The van der Waals surface area contributed by atoms with Gasteiger partial charge in [0.2, 0.25) is 5.91 Å². The summed E-state index contributed by atoms with van der Waals surface area (Å²) in [5, 5.41) is 7.32. The summed E-state index contributed by atoms with van der Waals surface area (Å²) in [7, 11) is 1.88. The summed E-state index contributed by atoms with van der Waals surface area (Å²) >= 11 is 7.71. The molecule has 1 heterocycles. The normalized spacial score (nSPS) is 10.2. The van der Waals surface area contributed by atoms with E-state index in [0.29, 0.717) is 11.6 Å². The number of carbonyl (C=O) groups excluding carboxylic acids is 1. The smallest absolute Gasteiger partial charge is 0.226 e. The van der Waals surface area contributed by atoms with Gasteiger partial charge in [0.15, 0.2) is 5.13 Å². The number of benzene rings is 1. The summed E-state index contributed by atoms with van der Waals surface area (Å²) < 4.78 is 0. The van der Waals surface area contributed by atoms with Gasteiger partial charge in [0.05, 0.1) is 5.69 Å². The highest BCUT2D eigenvalue weighted by molar-refractivity contribution is 7.15. The molecule has 2 aromatic rings. The molecule has 1 aromatic carbocycles. The maximum Gasteiger partial charge on any atom is 0.226 e. The monoisotopic (exact) mass is 373 g/mol. The summed E-state index contributed by atoms with van der Waals surface area (Å²) in [6.45, 7) is 2.79. The number of aryl methyl sites for hydroxylation is 1. The van der Waals surface area contributed by atoms with Gasteiger partial charge in [-0.2, -0.15) is 0 Å². The Labute approximate surface area is 152 Å². The molecule has 2 N–H and O–H groups in total. The Kier molecular flexibility index (Phi) is 8.55. The fourth-order valence-corrected chi connectivity index (χ4v) is 3.27. The van der Waals surface area contributed by atoms with Crippen LogP contribution in [0.15, 0.2) is 24.3 Å². The zero-order chi connectivity index (χ0) is 15.9. The van der Waals surface area contributed by atoms with E-state index in [0.717, 1.165) is 40.5 Å². The van der Waals surface area contributed by atoms with E-state index in [-0.39, 0.29) is 18.3 Å². The van der Waals surface area contributed by atoms with Crippen molar-refractivity contribution in [2.75, 3.05) is 18.9 Å². The van der Waals surface area contributed by atoms with Gasteiger partial charge in [-0.15, -0.1) is 23.7 Å². The highest BCUT2D eigenvalue weighted by Crippen LogP contribution is 2.27. The molecule has 0 bridgehead atoms. The number of nitrogens with zero attached hydrogens (tertiary/aromatic N) is 1. The Morgan fingerprint density at radius 3 is 2.78 bits per heavy atom. The second kappa shape index (κ2) is 9.88. The number of halogens is 2. The highest BCUT2D eigenvalue weighted by Gasteiger charge is 2.12. The van der Waals surface area contributed by atoms with Crippen LogP contribution in [-0.4, -0.2) is 24.5 Å². The quantitative estimate of drug-likeness (QED) is 0.719. The minimum atomic E-state index is 0. The lowest BCUT2D eigenvalue weighted by atomic mass is 10.1. The van der Waals surface area contributed by atoms with Gasteiger partial charge < -0.3 is 10.6 Å². The van der Waals surface area contributed by atoms with E-state index in [2.05, 4.69) is 15.6 Å². The van der Waals surface area contributed by atoms with Gasteiger partial charge in [-0.1, -0.05) is 29.8 Å². The minimum Gasteiger partial charge on any atom is -0.320 e. The van der Waals surface area contributed by atoms with Crippen molar-refractivity contribution in [1.82, 2.24) is 10.3 Å². The number of hydrogen-bond acceptors (Lipinski definition) is 4. The zero-order valence-electron chi connectivity index (χ0n) is 13.2. The third-order valence-electron chi connectivity index (χ3n) is 3.28. The standard InChI is InChI=1S/C16H20ClN3OS.ClH/c1-11-14(10-12-6-3-4-7-13(12)17)22-16(19-11)20-15(21)8-5-9-18-2;/h3-4,6-7,18H,5,8-10H2,1-2H3,(H,19,20,21);1H. The van der Waals surface area contributed by atoms with Crippen LogP contribution in [0.25, 0.3) is 0 Å². The van der Waals surface area contributed by atoms with Gasteiger partial charge >= 0.3 is 0 Å². The van der Waals surface area contributed by atoms with Crippen molar-refractivity contribution >= 4 is 46.4 Å². The molecule has 0 saturated heterocycles. The average Bonchev–Trinajstić information content (AvgIpc) is 2.81. The van der Waals surface area contributed by atoms with E-state index < -0.39 is 0 Å². The first kappa shape index (κ1) is 19.9. The van der Waals surface area contributed by atoms with E-state index in [1.807, 2.05) is 38.2 Å². The molecule has 0 aliphatic carbocycles. The maximum atomic E-state index is 11.8. The molecule has 0 fully saturated rings. The molecular weight excluding hydrogens is 353 g/mol. The lowest BCUT2D eigenvalue weighted by Gasteiger charge is -2.02. The molecule has 1 amide bonds. The zero-order valence-corrected chi connectivity index (χ0v) is 15.6. The maximum absolute atomic E-state index is 11.8.